The number of hydrogen-bond acceptors (Lipinski definition) is 16. The second-order valence-corrected chi connectivity index (χ2v) is 19.5. The molecule has 9 atom stereocenters. The quantitative estimate of drug-likeness (QED) is 0.0160. The number of carbonyl (C=O) groups excluding carboxylic acids is 7. The third kappa shape index (κ3) is 20.7. The van der Waals surface area contributed by atoms with Crippen molar-refractivity contribution in [1.29, 1.82) is 5.41 Å². The molecule has 4 aromatic rings. The number of nitrogens with two attached hydrogens (primary N) is 2. The first-order valence-corrected chi connectivity index (χ1v) is 25.9. The Morgan fingerprint density at radius 1 is 0.762 bits per heavy atom. The summed E-state index contributed by atoms with van der Waals surface area (Å²) in [6, 6.07) is 3.94. The molecule has 0 spiro atoms. The number of benzene rings is 2. The lowest BCUT2D eigenvalue weighted by atomic mass is 9.96. The normalized spacial score (nSPS) is 15.8. The van der Waals surface area contributed by atoms with Gasteiger partial charge in [0, 0.05) is 44.2 Å². The Morgan fingerprint density at radius 2 is 1.39 bits per heavy atom. The topological polar surface area (TPSA) is 461 Å². The Morgan fingerprint density at radius 3 is 1.96 bits per heavy atom. The number of aliphatic carboxylic acids is 2. The van der Waals surface area contributed by atoms with Gasteiger partial charge in [0.1, 0.15) is 54.4 Å². The maximum Gasteiger partial charge on any atom is 0.326 e. The summed E-state index contributed by atoms with van der Waals surface area (Å²) in [6.07, 6.45) is 4.33. The van der Waals surface area contributed by atoms with E-state index in [1.807, 2.05) is 0 Å². The number of carboxylic acids is 2. The zero-order valence-electron chi connectivity index (χ0n) is 44.9. The number of carbonyl (C=O) groups is 9. The van der Waals surface area contributed by atoms with E-state index in [2.05, 4.69) is 67.8 Å². The van der Waals surface area contributed by atoms with Crippen LogP contribution in [0.3, 0.4) is 0 Å². The van der Waals surface area contributed by atoms with Crippen LogP contribution in [0.5, 0.6) is 5.75 Å². The number of imidazole rings is 1. The summed E-state index contributed by atoms with van der Waals surface area (Å²) in [5.74, 6) is -9.79. The van der Waals surface area contributed by atoms with Crippen LogP contribution in [0.4, 0.5) is 0 Å². The van der Waals surface area contributed by atoms with Gasteiger partial charge in [0.2, 0.25) is 41.4 Å². The molecule has 3 heterocycles. The van der Waals surface area contributed by atoms with Crippen LogP contribution >= 0.6 is 0 Å². The van der Waals surface area contributed by atoms with Crippen molar-refractivity contribution in [2.75, 3.05) is 13.1 Å². The fraction of sp³-hybridized carbons (Fsp3) is 0.490. The third-order valence-corrected chi connectivity index (χ3v) is 13.0. The number of carboxylic acid groups (broad SMARTS) is 2. The molecule has 2 aromatic carbocycles. The van der Waals surface area contributed by atoms with E-state index in [9.17, 15) is 53.4 Å². The third-order valence-electron chi connectivity index (χ3n) is 13.0. The predicted molar refractivity (Wildman–Crippen MR) is 286 cm³/mol. The average Bonchev–Trinajstić information content (AvgIpc) is 4.30. The van der Waals surface area contributed by atoms with E-state index < -0.39 is 120 Å². The highest BCUT2D eigenvalue weighted by molar-refractivity contribution is 5.98. The SMILES string of the molecule is CC[C@H](C)[C@H](NC(=O)[C@H](Cc1ccc(O)cc1)NC(=O)[C@@H](NC(=O)[C@H](CCCNC(=N)N)NC(=O)[C@@H](N)CC(=O)O)C(C)C)C(=O)N[C@@H](Cc1cnc[nH]1)C(=O)N1CCC[C@H]1C(=O)N[C@@H](Cc1ccccc1)C(=O)O.c1nnn[nH]1. The first kappa shape index (κ1) is 63.5. The van der Waals surface area contributed by atoms with Gasteiger partial charge in [-0.25, -0.2) is 14.9 Å². The molecule has 1 saturated heterocycles. The van der Waals surface area contributed by atoms with Crippen molar-refractivity contribution < 1.29 is 58.5 Å². The minimum absolute atomic E-state index is 0.00272. The molecule has 0 bridgehead atoms. The van der Waals surface area contributed by atoms with E-state index in [4.69, 9.17) is 22.0 Å². The molecule has 1 fully saturated rings. The van der Waals surface area contributed by atoms with Crippen LogP contribution in [0, 0.1) is 17.2 Å². The summed E-state index contributed by atoms with van der Waals surface area (Å²) >= 11 is 0. The van der Waals surface area contributed by atoms with Gasteiger partial charge in [0.15, 0.2) is 5.96 Å². The van der Waals surface area contributed by atoms with Crippen LogP contribution in [0.15, 0.2) is 73.4 Å². The number of phenols is 1. The summed E-state index contributed by atoms with van der Waals surface area (Å²) in [6.45, 7) is 6.96. The molecule has 0 unspecified atom stereocenters. The molecule has 1 aliphatic rings. The van der Waals surface area contributed by atoms with Gasteiger partial charge in [-0.3, -0.25) is 43.8 Å². The molecule has 434 valence electrons. The van der Waals surface area contributed by atoms with Crippen LogP contribution in [-0.4, -0.2) is 171 Å². The number of rotatable bonds is 29. The van der Waals surface area contributed by atoms with E-state index in [1.54, 1.807) is 58.0 Å². The smallest absolute Gasteiger partial charge is 0.326 e. The van der Waals surface area contributed by atoms with Crippen LogP contribution in [0.2, 0.25) is 0 Å². The lowest BCUT2D eigenvalue weighted by Gasteiger charge is -2.32. The number of tetrazole rings is 1. The fourth-order valence-electron chi connectivity index (χ4n) is 8.47. The molecule has 7 amide bonds. The van der Waals surface area contributed by atoms with Gasteiger partial charge in [0.05, 0.1) is 18.8 Å². The van der Waals surface area contributed by atoms with Gasteiger partial charge in [-0.1, -0.05) is 76.6 Å². The fourth-order valence-corrected chi connectivity index (χ4v) is 8.47. The van der Waals surface area contributed by atoms with Crippen molar-refractivity contribution in [2.45, 2.75) is 134 Å². The van der Waals surface area contributed by atoms with E-state index in [-0.39, 0.29) is 63.3 Å². The van der Waals surface area contributed by atoms with E-state index in [0.717, 1.165) is 0 Å². The van der Waals surface area contributed by atoms with Gasteiger partial charge in [-0.2, -0.15) is 0 Å². The number of guanidine groups is 1. The number of amides is 7. The van der Waals surface area contributed by atoms with Crippen molar-refractivity contribution >= 4 is 59.2 Å². The minimum Gasteiger partial charge on any atom is -0.508 e. The molecule has 80 heavy (non-hydrogen) atoms. The Bertz CT molecular complexity index is 2640. The molecular formula is C51H73N17O12. The van der Waals surface area contributed by atoms with Crippen molar-refractivity contribution in [3.05, 3.63) is 90.3 Å². The van der Waals surface area contributed by atoms with Crippen LogP contribution in [0.1, 0.15) is 83.0 Å². The highest BCUT2D eigenvalue weighted by Gasteiger charge is 2.41. The zero-order valence-corrected chi connectivity index (χ0v) is 44.9. The van der Waals surface area contributed by atoms with Gasteiger partial charge in [-0.05, 0) is 71.2 Å². The van der Waals surface area contributed by atoms with Gasteiger partial charge < -0.3 is 73.9 Å². The summed E-state index contributed by atoms with van der Waals surface area (Å²) in [4.78, 5) is 130. The molecule has 17 N–H and O–H groups in total. The number of aromatic hydroxyl groups is 1. The molecule has 0 radical (unpaired) electrons. The lowest BCUT2D eigenvalue weighted by molar-refractivity contribution is -0.145. The second-order valence-electron chi connectivity index (χ2n) is 19.5. The lowest BCUT2D eigenvalue weighted by Crippen LogP contribution is -2.62. The standard InChI is InChI=1S/C50H71N13O12.CH2N4/c1-5-28(4)41(47(72)59-36(23-31-25-54-26-56-31)48(73)63-20-10-14-38(63)45(70)60-37(49(74)75)22-29-11-7-6-8-12-29)62-44(69)35(21-30-15-17-32(64)18-16-30)58-46(71)40(27(2)3)61-43(68)34(13-9-19-55-50(52)53)57-42(67)33(51)24-39(65)66;1-2-4-5-3-1/h6-8,11-12,15-18,25-28,33-38,40-41,64H,5,9-10,13-14,19-24,51H2,1-4H3,(H,54,56)(H,57,67)(H,58,71)(H,59,72)(H,60,70)(H,61,68)(H,62,69)(H,65,66)(H,74,75)(H4,52,53,55);1H,(H,2,3,4,5)/t28-,33-,34-,35-,36-,37-,38-,40-,41-;/m0./s1. The number of aromatic amines is 2. The number of hydrogen-bond donors (Lipinski definition) is 15. The summed E-state index contributed by atoms with van der Waals surface area (Å²) in [5.41, 5.74) is 12.8. The monoisotopic (exact) mass is 1120 g/mol. The molecule has 5 rings (SSSR count). The number of phenolic OH excluding ortho intramolecular Hbond substituents is 1. The average molecular weight is 1120 g/mol. The van der Waals surface area contributed by atoms with Crippen molar-refractivity contribution in [3.8, 4) is 5.75 Å². The van der Waals surface area contributed by atoms with Crippen LogP contribution in [0.25, 0.3) is 0 Å². The Balaban J connectivity index is 0.00000260. The largest absolute Gasteiger partial charge is 0.508 e. The summed E-state index contributed by atoms with van der Waals surface area (Å²) in [7, 11) is 0. The molecular weight excluding hydrogens is 1040 g/mol. The first-order chi connectivity index (χ1) is 38.1. The number of aromatic nitrogens is 6. The second kappa shape index (κ2) is 32.0. The number of nitrogens with one attached hydrogen (secondary N) is 10. The summed E-state index contributed by atoms with van der Waals surface area (Å²) < 4.78 is 0. The molecule has 1 aliphatic heterocycles. The van der Waals surface area contributed by atoms with Crippen molar-refractivity contribution in [2.24, 2.45) is 23.3 Å². The van der Waals surface area contributed by atoms with Gasteiger partial charge >= 0.3 is 11.9 Å². The van der Waals surface area contributed by atoms with Crippen LogP contribution < -0.4 is 48.7 Å². The van der Waals surface area contributed by atoms with Crippen molar-refractivity contribution in [1.82, 2.24) is 72.7 Å². The number of nitrogens with zero attached hydrogens (tertiary/aromatic N) is 5. The Hall–Kier alpha value is -9.02. The molecule has 29 nitrogen and oxygen atoms in total. The maximum absolute atomic E-state index is 14.6. The van der Waals surface area contributed by atoms with Crippen molar-refractivity contribution in [3.63, 3.8) is 0 Å². The van der Waals surface area contributed by atoms with E-state index in [0.29, 0.717) is 29.7 Å². The highest BCUT2D eigenvalue weighted by Crippen LogP contribution is 2.21. The molecule has 2 aromatic heterocycles. The zero-order chi connectivity index (χ0) is 58.9. The van der Waals surface area contributed by atoms with Crippen LogP contribution in [-0.2, 0) is 62.4 Å². The molecule has 29 heteroatoms. The maximum atomic E-state index is 14.6. The number of likely N-dealkylation sites (tertiary alicyclic amines) is 1. The predicted octanol–water partition coefficient (Wildman–Crippen LogP) is -1.91. The van der Waals surface area contributed by atoms with E-state index >= 15 is 0 Å². The number of H-pyrrole nitrogens is 2. The molecule has 0 aliphatic carbocycles. The Kier molecular flexibility index (Phi) is 25.4. The van der Waals surface area contributed by atoms with Gasteiger partial charge in [0.25, 0.3) is 0 Å². The molecule has 0 saturated carbocycles. The van der Waals surface area contributed by atoms with Gasteiger partial charge in [-0.15, -0.1) is 5.10 Å². The summed E-state index contributed by atoms with van der Waals surface area (Å²) in [5, 5.41) is 67.2. The van der Waals surface area contributed by atoms with E-state index in [1.165, 1.54) is 48.0 Å². The Labute approximate surface area is 460 Å². The highest BCUT2D eigenvalue weighted by atomic mass is 16.4. The first-order valence-electron chi connectivity index (χ1n) is 25.9. The minimum atomic E-state index is -1.51.